The molecule has 0 aliphatic rings. The van der Waals surface area contributed by atoms with Crippen LogP contribution in [-0.2, 0) is 17.9 Å². The number of halogens is 1. The van der Waals surface area contributed by atoms with Gasteiger partial charge in [-0.2, -0.15) is 0 Å². The number of benzene rings is 1. The Balaban J connectivity index is 1.65. The van der Waals surface area contributed by atoms with Crippen LogP contribution in [0.15, 0.2) is 63.8 Å². The van der Waals surface area contributed by atoms with Gasteiger partial charge in [0.25, 0.3) is 0 Å². The maximum Gasteiger partial charge on any atom is 0.238 e. The molecule has 0 saturated carbocycles. The molecule has 6 heteroatoms. The standard InChI is InChI=1S/C19H19ClN2O3/c1-14-6-7-15(10-18(14)20)21-19(23)13-22(11-16-4-2-8-24-16)12-17-5-3-9-25-17/h2-10H,11-13H2,1H3,(H,21,23). The van der Waals surface area contributed by atoms with E-state index in [4.69, 9.17) is 20.4 Å². The van der Waals surface area contributed by atoms with E-state index in [1.807, 2.05) is 48.2 Å². The van der Waals surface area contributed by atoms with E-state index in [0.717, 1.165) is 17.1 Å². The molecule has 25 heavy (non-hydrogen) atoms. The summed E-state index contributed by atoms with van der Waals surface area (Å²) in [6.45, 7) is 3.14. The highest BCUT2D eigenvalue weighted by Crippen LogP contribution is 2.20. The Kier molecular flexibility index (Phi) is 5.58. The molecule has 0 aliphatic heterocycles. The Hall–Kier alpha value is -2.50. The summed E-state index contributed by atoms with van der Waals surface area (Å²) in [4.78, 5) is 14.4. The summed E-state index contributed by atoms with van der Waals surface area (Å²) in [5, 5.41) is 3.50. The number of amides is 1. The Bertz CT molecular complexity index is 777. The highest BCUT2D eigenvalue weighted by molar-refractivity contribution is 6.31. The second kappa shape index (κ2) is 8.05. The van der Waals surface area contributed by atoms with Crippen molar-refractivity contribution in [2.24, 2.45) is 0 Å². The molecule has 0 saturated heterocycles. The minimum atomic E-state index is -0.127. The molecule has 0 spiro atoms. The zero-order valence-corrected chi connectivity index (χ0v) is 14.6. The molecular weight excluding hydrogens is 340 g/mol. The summed E-state index contributed by atoms with van der Waals surface area (Å²) in [6.07, 6.45) is 3.24. The summed E-state index contributed by atoms with van der Waals surface area (Å²) in [5.41, 5.74) is 1.65. The van der Waals surface area contributed by atoms with Gasteiger partial charge in [-0.05, 0) is 48.9 Å². The van der Waals surface area contributed by atoms with Crippen molar-refractivity contribution in [1.82, 2.24) is 4.90 Å². The summed E-state index contributed by atoms with van der Waals surface area (Å²) < 4.78 is 10.8. The summed E-state index contributed by atoms with van der Waals surface area (Å²) in [6, 6.07) is 12.9. The Labute approximate surface area is 151 Å². The van der Waals surface area contributed by atoms with Crippen molar-refractivity contribution in [3.63, 3.8) is 0 Å². The summed E-state index contributed by atoms with van der Waals surface area (Å²) in [7, 11) is 0. The lowest BCUT2D eigenvalue weighted by molar-refractivity contribution is -0.117. The maximum atomic E-state index is 12.4. The number of rotatable bonds is 7. The van der Waals surface area contributed by atoms with Crippen LogP contribution in [0.5, 0.6) is 0 Å². The van der Waals surface area contributed by atoms with Gasteiger partial charge in [-0.15, -0.1) is 0 Å². The number of anilines is 1. The molecule has 1 aromatic carbocycles. The second-order valence-corrected chi connectivity index (χ2v) is 6.22. The van der Waals surface area contributed by atoms with E-state index in [2.05, 4.69) is 5.32 Å². The van der Waals surface area contributed by atoms with E-state index in [0.29, 0.717) is 23.8 Å². The molecule has 2 heterocycles. The fraction of sp³-hybridized carbons (Fsp3) is 0.211. The van der Waals surface area contributed by atoms with E-state index in [1.54, 1.807) is 18.6 Å². The molecule has 0 bridgehead atoms. The first kappa shape index (κ1) is 17.3. The topological polar surface area (TPSA) is 58.6 Å². The lowest BCUT2D eigenvalue weighted by Gasteiger charge is -2.19. The van der Waals surface area contributed by atoms with Gasteiger partial charge in [0.2, 0.25) is 5.91 Å². The molecule has 1 N–H and O–H groups in total. The predicted molar refractivity (Wildman–Crippen MR) is 96.3 cm³/mol. The van der Waals surface area contributed by atoms with Crippen LogP contribution in [0, 0.1) is 6.92 Å². The highest BCUT2D eigenvalue weighted by Gasteiger charge is 2.15. The van der Waals surface area contributed by atoms with Gasteiger partial charge in [0.05, 0.1) is 32.2 Å². The number of nitrogens with one attached hydrogen (secondary N) is 1. The first-order valence-electron chi connectivity index (χ1n) is 7.93. The van der Waals surface area contributed by atoms with Crippen LogP contribution in [0.2, 0.25) is 5.02 Å². The zero-order chi connectivity index (χ0) is 17.6. The number of hydrogen-bond acceptors (Lipinski definition) is 4. The van der Waals surface area contributed by atoms with Crippen LogP contribution in [0.25, 0.3) is 0 Å². The Morgan fingerprint density at radius 3 is 2.24 bits per heavy atom. The summed E-state index contributed by atoms with van der Waals surface area (Å²) in [5.74, 6) is 1.45. The monoisotopic (exact) mass is 358 g/mol. The van der Waals surface area contributed by atoms with Crippen LogP contribution in [0.4, 0.5) is 5.69 Å². The van der Waals surface area contributed by atoms with E-state index < -0.39 is 0 Å². The molecule has 130 valence electrons. The number of carbonyl (C=O) groups is 1. The molecule has 2 aromatic heterocycles. The van der Waals surface area contributed by atoms with Crippen molar-refractivity contribution >= 4 is 23.2 Å². The molecule has 3 rings (SSSR count). The van der Waals surface area contributed by atoms with Crippen LogP contribution in [-0.4, -0.2) is 17.4 Å². The molecule has 3 aromatic rings. The van der Waals surface area contributed by atoms with Gasteiger partial charge in [0.15, 0.2) is 0 Å². The van der Waals surface area contributed by atoms with E-state index >= 15 is 0 Å². The van der Waals surface area contributed by atoms with Crippen LogP contribution in [0.1, 0.15) is 17.1 Å². The van der Waals surface area contributed by atoms with E-state index in [-0.39, 0.29) is 12.5 Å². The number of carbonyl (C=O) groups excluding carboxylic acids is 1. The predicted octanol–water partition coefficient (Wildman–Crippen LogP) is 4.48. The SMILES string of the molecule is Cc1ccc(NC(=O)CN(Cc2ccco2)Cc2ccco2)cc1Cl. The lowest BCUT2D eigenvalue weighted by Crippen LogP contribution is -2.32. The average molecular weight is 359 g/mol. The zero-order valence-electron chi connectivity index (χ0n) is 13.9. The molecule has 0 atom stereocenters. The smallest absolute Gasteiger partial charge is 0.238 e. The fourth-order valence-electron chi connectivity index (χ4n) is 2.49. The van der Waals surface area contributed by atoms with Crippen molar-refractivity contribution in [2.45, 2.75) is 20.0 Å². The van der Waals surface area contributed by atoms with Gasteiger partial charge >= 0.3 is 0 Å². The molecule has 0 unspecified atom stereocenters. The molecule has 0 aliphatic carbocycles. The summed E-state index contributed by atoms with van der Waals surface area (Å²) >= 11 is 6.11. The van der Waals surface area contributed by atoms with Gasteiger partial charge in [-0.3, -0.25) is 9.69 Å². The van der Waals surface area contributed by atoms with Crippen molar-refractivity contribution in [3.05, 3.63) is 77.1 Å². The first-order chi connectivity index (χ1) is 12.1. The normalized spacial score (nSPS) is 11.0. The highest BCUT2D eigenvalue weighted by atomic mass is 35.5. The fourth-order valence-corrected chi connectivity index (χ4v) is 2.67. The van der Waals surface area contributed by atoms with Gasteiger partial charge < -0.3 is 14.2 Å². The van der Waals surface area contributed by atoms with Gasteiger partial charge in [0.1, 0.15) is 11.5 Å². The van der Waals surface area contributed by atoms with Crippen molar-refractivity contribution in [1.29, 1.82) is 0 Å². The van der Waals surface area contributed by atoms with Crippen molar-refractivity contribution in [2.75, 3.05) is 11.9 Å². The number of hydrogen-bond donors (Lipinski definition) is 1. The van der Waals surface area contributed by atoms with Crippen molar-refractivity contribution in [3.8, 4) is 0 Å². The maximum absolute atomic E-state index is 12.4. The average Bonchev–Trinajstić information content (AvgIpc) is 3.25. The number of nitrogens with zero attached hydrogens (tertiary/aromatic N) is 1. The minimum absolute atomic E-state index is 0.127. The van der Waals surface area contributed by atoms with E-state index in [9.17, 15) is 4.79 Å². The third-order valence-corrected chi connectivity index (χ3v) is 4.15. The number of aryl methyl sites for hydroxylation is 1. The quantitative estimate of drug-likeness (QED) is 0.676. The lowest BCUT2D eigenvalue weighted by atomic mass is 10.2. The molecule has 0 radical (unpaired) electrons. The largest absolute Gasteiger partial charge is 0.468 e. The molecule has 5 nitrogen and oxygen atoms in total. The molecule has 0 fully saturated rings. The Morgan fingerprint density at radius 1 is 1.08 bits per heavy atom. The van der Waals surface area contributed by atoms with E-state index in [1.165, 1.54) is 0 Å². The van der Waals surface area contributed by atoms with Crippen LogP contribution < -0.4 is 5.32 Å². The van der Waals surface area contributed by atoms with Gasteiger partial charge in [-0.25, -0.2) is 0 Å². The second-order valence-electron chi connectivity index (χ2n) is 5.82. The molecule has 1 amide bonds. The van der Waals surface area contributed by atoms with Gasteiger partial charge in [-0.1, -0.05) is 17.7 Å². The third kappa shape index (κ3) is 4.98. The minimum Gasteiger partial charge on any atom is -0.468 e. The van der Waals surface area contributed by atoms with Crippen molar-refractivity contribution < 1.29 is 13.6 Å². The third-order valence-electron chi connectivity index (χ3n) is 3.74. The van der Waals surface area contributed by atoms with Gasteiger partial charge in [0, 0.05) is 10.7 Å². The Morgan fingerprint density at radius 2 is 1.72 bits per heavy atom. The number of furan rings is 2. The molecular formula is C19H19ClN2O3. The first-order valence-corrected chi connectivity index (χ1v) is 8.31. The van der Waals surface area contributed by atoms with Crippen LogP contribution >= 0.6 is 11.6 Å². The van der Waals surface area contributed by atoms with Crippen LogP contribution in [0.3, 0.4) is 0 Å².